The summed E-state index contributed by atoms with van der Waals surface area (Å²) < 4.78 is 0. The van der Waals surface area contributed by atoms with Crippen LogP contribution in [0.1, 0.15) is 34.1 Å². The van der Waals surface area contributed by atoms with Crippen LogP contribution in [0.4, 0.5) is 4.79 Å². The minimum atomic E-state index is -1.01. The number of rotatable bonds is 5. The molecule has 0 aliphatic rings. The number of nitrogens with one attached hydrogen (secondary N) is 1. The summed E-state index contributed by atoms with van der Waals surface area (Å²) in [4.78, 5) is 23.8. The number of amides is 2. The lowest BCUT2D eigenvalue weighted by molar-refractivity contribution is -0.138. The largest absolute Gasteiger partial charge is 0.480 e. The molecule has 0 rings (SSSR count). The van der Waals surface area contributed by atoms with Crippen LogP contribution in [0, 0.1) is 0 Å². The normalized spacial score (nSPS) is 11.5. The molecule has 0 heterocycles. The fraction of sp³-hybridized carbons (Fsp3) is 0.667. The zero-order valence-electron chi connectivity index (χ0n) is 11.0. The number of carboxylic acid groups (broad SMARTS) is 1. The minimum absolute atomic E-state index is 0.293. The lowest BCUT2D eigenvalue weighted by Gasteiger charge is -2.34. The topological polar surface area (TPSA) is 69.6 Å². The second kappa shape index (κ2) is 6.93. The third-order valence-electron chi connectivity index (χ3n) is 2.17. The Labute approximate surface area is 102 Å². The third kappa shape index (κ3) is 6.60. The van der Waals surface area contributed by atoms with Crippen molar-refractivity contribution in [3.8, 4) is 0 Å². The lowest BCUT2D eigenvalue weighted by atomic mass is 10.1. The first-order valence-corrected chi connectivity index (χ1v) is 5.67. The van der Waals surface area contributed by atoms with Crippen LogP contribution < -0.4 is 5.32 Å². The first kappa shape index (κ1) is 15.5. The van der Waals surface area contributed by atoms with Gasteiger partial charge in [0, 0.05) is 12.1 Å². The predicted molar refractivity (Wildman–Crippen MR) is 66.9 cm³/mol. The van der Waals surface area contributed by atoms with Crippen molar-refractivity contribution in [3.05, 3.63) is 12.2 Å². The molecule has 0 aromatic carbocycles. The molecule has 2 amide bonds. The Hall–Kier alpha value is -1.52. The number of aliphatic carboxylic acids is 1. The first-order chi connectivity index (χ1) is 7.79. The van der Waals surface area contributed by atoms with Gasteiger partial charge in [0.15, 0.2) is 0 Å². The molecular weight excluding hydrogens is 220 g/mol. The molecule has 0 unspecified atom stereocenters. The van der Waals surface area contributed by atoms with Gasteiger partial charge in [-0.05, 0) is 34.1 Å². The molecule has 0 aromatic rings. The van der Waals surface area contributed by atoms with E-state index in [9.17, 15) is 9.59 Å². The molecule has 0 bridgehead atoms. The van der Waals surface area contributed by atoms with Crippen molar-refractivity contribution in [1.29, 1.82) is 0 Å². The maximum atomic E-state index is 11.8. The van der Waals surface area contributed by atoms with E-state index >= 15 is 0 Å². The zero-order chi connectivity index (χ0) is 13.5. The summed E-state index contributed by atoms with van der Waals surface area (Å²) in [6.45, 7) is 7.55. The van der Waals surface area contributed by atoms with E-state index in [1.165, 1.54) is 4.90 Å². The Morgan fingerprint density at radius 2 is 1.94 bits per heavy atom. The summed E-state index contributed by atoms with van der Waals surface area (Å²) in [6.07, 6.45) is 4.59. The van der Waals surface area contributed by atoms with Crippen LogP contribution in [0.25, 0.3) is 0 Å². The maximum Gasteiger partial charge on any atom is 0.323 e. The average Bonchev–Trinajstić information content (AvgIpc) is 2.19. The first-order valence-electron chi connectivity index (χ1n) is 5.67. The number of hydrogen-bond acceptors (Lipinski definition) is 2. The van der Waals surface area contributed by atoms with E-state index < -0.39 is 11.5 Å². The molecule has 0 saturated heterocycles. The van der Waals surface area contributed by atoms with Crippen molar-refractivity contribution < 1.29 is 14.7 Å². The summed E-state index contributed by atoms with van der Waals surface area (Å²) in [5.41, 5.74) is -0.511. The minimum Gasteiger partial charge on any atom is -0.480 e. The van der Waals surface area contributed by atoms with E-state index in [0.29, 0.717) is 6.54 Å². The van der Waals surface area contributed by atoms with Gasteiger partial charge in [-0.3, -0.25) is 4.79 Å². The highest BCUT2D eigenvalue weighted by Gasteiger charge is 2.27. The van der Waals surface area contributed by atoms with Crippen molar-refractivity contribution in [2.24, 2.45) is 0 Å². The Morgan fingerprint density at radius 1 is 1.35 bits per heavy atom. The Morgan fingerprint density at radius 3 is 2.35 bits per heavy atom. The third-order valence-corrected chi connectivity index (χ3v) is 2.17. The van der Waals surface area contributed by atoms with E-state index in [1.807, 2.05) is 39.8 Å². The monoisotopic (exact) mass is 242 g/mol. The van der Waals surface area contributed by atoms with Crippen molar-refractivity contribution in [1.82, 2.24) is 10.2 Å². The molecule has 17 heavy (non-hydrogen) atoms. The SMILES string of the molecule is C/C=C/CCNC(=O)N(CC(=O)O)C(C)(C)C. The van der Waals surface area contributed by atoms with Crippen molar-refractivity contribution in [2.75, 3.05) is 13.1 Å². The Bertz CT molecular complexity index is 293. The van der Waals surface area contributed by atoms with Gasteiger partial charge in [0.05, 0.1) is 0 Å². The molecule has 0 aliphatic heterocycles. The molecule has 2 N–H and O–H groups in total. The van der Waals surface area contributed by atoms with Gasteiger partial charge < -0.3 is 15.3 Å². The van der Waals surface area contributed by atoms with Crippen molar-refractivity contribution in [3.63, 3.8) is 0 Å². The molecule has 5 heteroatoms. The average molecular weight is 242 g/mol. The van der Waals surface area contributed by atoms with Crippen LogP contribution in [0.2, 0.25) is 0 Å². The van der Waals surface area contributed by atoms with Crippen molar-refractivity contribution >= 4 is 12.0 Å². The van der Waals surface area contributed by atoms with Gasteiger partial charge in [0.1, 0.15) is 6.54 Å². The number of urea groups is 1. The zero-order valence-corrected chi connectivity index (χ0v) is 11.0. The highest BCUT2D eigenvalue weighted by atomic mass is 16.4. The molecule has 0 spiro atoms. The van der Waals surface area contributed by atoms with Gasteiger partial charge >= 0.3 is 12.0 Å². The number of carbonyl (C=O) groups is 2. The molecule has 5 nitrogen and oxygen atoms in total. The summed E-state index contributed by atoms with van der Waals surface area (Å²) in [6, 6.07) is -0.343. The molecule has 0 saturated carbocycles. The van der Waals surface area contributed by atoms with Crippen LogP contribution in [-0.2, 0) is 4.79 Å². The second-order valence-electron chi connectivity index (χ2n) is 4.74. The van der Waals surface area contributed by atoms with Gasteiger partial charge in [-0.15, -0.1) is 0 Å². The lowest BCUT2D eigenvalue weighted by Crippen LogP contribution is -2.52. The maximum absolute atomic E-state index is 11.8. The van der Waals surface area contributed by atoms with E-state index in [4.69, 9.17) is 5.11 Å². The summed E-state index contributed by atoms with van der Waals surface area (Å²) in [7, 11) is 0. The standard InChI is InChI=1S/C12H22N2O3/c1-5-6-7-8-13-11(17)14(9-10(15)16)12(2,3)4/h5-6H,7-9H2,1-4H3,(H,13,17)(H,15,16)/b6-5+. The fourth-order valence-corrected chi connectivity index (χ4v) is 1.27. The molecule has 0 radical (unpaired) electrons. The fourth-order valence-electron chi connectivity index (χ4n) is 1.27. The van der Waals surface area contributed by atoms with Crippen LogP contribution in [-0.4, -0.2) is 40.6 Å². The molecule has 0 aliphatic carbocycles. The van der Waals surface area contributed by atoms with Crippen molar-refractivity contribution in [2.45, 2.75) is 39.7 Å². The Balaban J connectivity index is 4.39. The van der Waals surface area contributed by atoms with Gasteiger partial charge in [-0.25, -0.2) is 4.79 Å². The van der Waals surface area contributed by atoms with Crippen LogP contribution in [0.15, 0.2) is 12.2 Å². The van der Waals surface area contributed by atoms with E-state index in [2.05, 4.69) is 5.32 Å². The van der Waals surface area contributed by atoms with Crippen LogP contribution >= 0.6 is 0 Å². The van der Waals surface area contributed by atoms with Gasteiger partial charge in [-0.1, -0.05) is 12.2 Å². The molecule has 98 valence electrons. The molecular formula is C12H22N2O3. The van der Waals surface area contributed by atoms with Gasteiger partial charge in [0.25, 0.3) is 0 Å². The number of hydrogen-bond donors (Lipinski definition) is 2. The number of allylic oxidation sites excluding steroid dienone is 1. The van der Waals surface area contributed by atoms with Gasteiger partial charge in [-0.2, -0.15) is 0 Å². The summed E-state index contributed by atoms with van der Waals surface area (Å²) in [5, 5.41) is 11.5. The molecule has 0 aromatic heterocycles. The second-order valence-corrected chi connectivity index (χ2v) is 4.74. The number of carboxylic acids is 1. The molecule has 0 fully saturated rings. The summed E-state index contributed by atoms with van der Waals surface area (Å²) >= 11 is 0. The number of nitrogens with zero attached hydrogens (tertiary/aromatic N) is 1. The smallest absolute Gasteiger partial charge is 0.323 e. The van der Waals surface area contributed by atoms with Crippen LogP contribution in [0.3, 0.4) is 0 Å². The highest BCUT2D eigenvalue weighted by molar-refractivity contribution is 5.80. The van der Waals surface area contributed by atoms with E-state index in [0.717, 1.165) is 6.42 Å². The highest BCUT2D eigenvalue weighted by Crippen LogP contribution is 2.12. The number of carbonyl (C=O) groups excluding carboxylic acids is 1. The van der Waals surface area contributed by atoms with Crippen LogP contribution in [0.5, 0.6) is 0 Å². The van der Waals surface area contributed by atoms with E-state index in [1.54, 1.807) is 0 Å². The summed E-state index contributed by atoms with van der Waals surface area (Å²) in [5.74, 6) is -1.01. The quantitative estimate of drug-likeness (QED) is 0.571. The van der Waals surface area contributed by atoms with E-state index in [-0.39, 0.29) is 12.6 Å². The molecule has 0 atom stereocenters. The predicted octanol–water partition coefficient (Wildman–Crippen LogP) is 1.85. The van der Waals surface area contributed by atoms with Gasteiger partial charge in [0.2, 0.25) is 0 Å². The Kier molecular flexibility index (Phi) is 6.31.